The Kier molecular flexibility index (Phi) is 7.82. The Hall–Kier alpha value is -2.37. The van der Waals surface area contributed by atoms with Gasteiger partial charge in [-0.05, 0) is 62.2 Å². The molecular formula is C21H25ClN2O3. The molecule has 0 aliphatic carbocycles. The summed E-state index contributed by atoms with van der Waals surface area (Å²) in [4.78, 5) is 23.4. The van der Waals surface area contributed by atoms with E-state index in [4.69, 9.17) is 16.3 Å². The number of benzene rings is 2. The van der Waals surface area contributed by atoms with E-state index in [1.54, 1.807) is 12.1 Å². The number of aldehydes is 1. The third kappa shape index (κ3) is 5.31. The molecule has 0 aliphatic rings. The molecule has 5 nitrogen and oxygen atoms in total. The van der Waals surface area contributed by atoms with Crippen LogP contribution in [0.25, 0.3) is 0 Å². The van der Waals surface area contributed by atoms with E-state index in [2.05, 4.69) is 10.6 Å². The van der Waals surface area contributed by atoms with Gasteiger partial charge in [0.25, 0.3) is 5.91 Å². The lowest BCUT2D eigenvalue weighted by Crippen LogP contribution is -2.22. The van der Waals surface area contributed by atoms with Gasteiger partial charge < -0.3 is 15.4 Å². The number of carbonyl (C=O) groups is 2. The largest absolute Gasteiger partial charge is 0.490 e. The molecule has 0 saturated heterocycles. The monoisotopic (exact) mass is 388 g/mol. The van der Waals surface area contributed by atoms with E-state index in [1.165, 1.54) is 0 Å². The van der Waals surface area contributed by atoms with Crippen molar-refractivity contribution in [1.29, 1.82) is 0 Å². The average Bonchev–Trinajstić information content (AvgIpc) is 2.68. The minimum Gasteiger partial charge on any atom is -0.490 e. The summed E-state index contributed by atoms with van der Waals surface area (Å²) in [5.41, 5.74) is 3.93. The molecule has 27 heavy (non-hydrogen) atoms. The lowest BCUT2D eigenvalue weighted by Gasteiger charge is -2.16. The Labute approximate surface area is 165 Å². The van der Waals surface area contributed by atoms with Crippen molar-refractivity contribution in [2.45, 2.75) is 20.3 Å². The van der Waals surface area contributed by atoms with E-state index in [-0.39, 0.29) is 5.91 Å². The predicted octanol–water partition coefficient (Wildman–Crippen LogP) is 3.40. The molecule has 2 aromatic carbocycles. The van der Waals surface area contributed by atoms with Gasteiger partial charge in [0.2, 0.25) is 0 Å². The van der Waals surface area contributed by atoms with Crippen molar-refractivity contribution < 1.29 is 14.3 Å². The summed E-state index contributed by atoms with van der Waals surface area (Å²) in [5.74, 6) is 0.337. The molecule has 0 heterocycles. The molecule has 144 valence electrons. The summed E-state index contributed by atoms with van der Waals surface area (Å²) in [5, 5.41) is 6.23. The zero-order valence-corrected chi connectivity index (χ0v) is 16.7. The van der Waals surface area contributed by atoms with Crippen molar-refractivity contribution in [2.75, 3.05) is 26.7 Å². The Morgan fingerprint density at radius 2 is 1.96 bits per heavy atom. The zero-order valence-electron chi connectivity index (χ0n) is 15.9. The molecule has 0 saturated carbocycles. The number of rotatable bonds is 9. The minimum absolute atomic E-state index is 0.0883. The smallest absolute Gasteiger partial charge is 0.251 e. The van der Waals surface area contributed by atoms with Crippen LogP contribution < -0.4 is 15.4 Å². The van der Waals surface area contributed by atoms with Crippen LogP contribution >= 0.6 is 11.6 Å². The molecule has 0 aromatic heterocycles. The Bertz CT molecular complexity index is 804. The first kappa shape index (κ1) is 20.9. The average molecular weight is 389 g/mol. The van der Waals surface area contributed by atoms with Gasteiger partial charge in [-0.2, -0.15) is 0 Å². The van der Waals surface area contributed by atoms with Crippen LogP contribution in [0, 0.1) is 6.92 Å². The molecule has 2 rings (SSSR count). The molecule has 0 unspecified atom stereocenters. The summed E-state index contributed by atoms with van der Waals surface area (Å²) in [6.45, 7) is 5.48. The second kappa shape index (κ2) is 10.1. The standard InChI is InChI=1S/C21H25ClN2O3/c1-4-24-21(26)16-7-5-15(6-8-16)11-17-12-18(13-25)20(19(22)14(17)2)27-10-9-23-3/h5-8,12-13,23H,4,9-11H2,1-3H3,(H,24,26). The lowest BCUT2D eigenvalue weighted by atomic mass is 9.97. The van der Waals surface area contributed by atoms with Crippen LogP contribution in [-0.4, -0.2) is 38.9 Å². The topological polar surface area (TPSA) is 67.4 Å². The lowest BCUT2D eigenvalue weighted by molar-refractivity contribution is 0.0955. The Balaban J connectivity index is 2.24. The highest BCUT2D eigenvalue weighted by Gasteiger charge is 2.16. The summed E-state index contributed by atoms with van der Waals surface area (Å²) < 4.78 is 5.68. The van der Waals surface area contributed by atoms with Crippen LogP contribution in [0.5, 0.6) is 5.75 Å². The summed E-state index contributed by atoms with van der Waals surface area (Å²) >= 11 is 6.47. The van der Waals surface area contributed by atoms with Gasteiger partial charge in [0, 0.05) is 18.7 Å². The number of ether oxygens (including phenoxy) is 1. The third-order valence-electron chi connectivity index (χ3n) is 4.28. The second-order valence-electron chi connectivity index (χ2n) is 6.20. The van der Waals surface area contributed by atoms with Crippen molar-refractivity contribution in [3.8, 4) is 5.75 Å². The maximum Gasteiger partial charge on any atom is 0.251 e. The van der Waals surface area contributed by atoms with E-state index >= 15 is 0 Å². The van der Waals surface area contributed by atoms with Gasteiger partial charge in [0.15, 0.2) is 6.29 Å². The fourth-order valence-corrected chi connectivity index (χ4v) is 3.01. The van der Waals surface area contributed by atoms with Gasteiger partial charge in [0.1, 0.15) is 12.4 Å². The number of amides is 1. The van der Waals surface area contributed by atoms with Crippen molar-refractivity contribution in [2.24, 2.45) is 0 Å². The van der Waals surface area contributed by atoms with Crippen molar-refractivity contribution in [3.63, 3.8) is 0 Å². The first-order valence-electron chi connectivity index (χ1n) is 8.93. The predicted molar refractivity (Wildman–Crippen MR) is 108 cm³/mol. The molecule has 0 spiro atoms. The van der Waals surface area contributed by atoms with Gasteiger partial charge in [0.05, 0.1) is 10.6 Å². The molecule has 0 aliphatic heterocycles. The first-order chi connectivity index (χ1) is 13.0. The molecule has 2 N–H and O–H groups in total. The molecule has 0 fully saturated rings. The highest BCUT2D eigenvalue weighted by molar-refractivity contribution is 6.33. The highest BCUT2D eigenvalue weighted by Crippen LogP contribution is 2.34. The fraction of sp³-hybridized carbons (Fsp3) is 0.333. The van der Waals surface area contributed by atoms with Crippen LogP contribution in [0.3, 0.4) is 0 Å². The summed E-state index contributed by atoms with van der Waals surface area (Å²) in [7, 11) is 1.83. The van der Waals surface area contributed by atoms with E-state index in [0.717, 1.165) is 23.0 Å². The van der Waals surface area contributed by atoms with E-state index < -0.39 is 0 Å². The van der Waals surface area contributed by atoms with Crippen LogP contribution in [-0.2, 0) is 6.42 Å². The number of halogens is 1. The first-order valence-corrected chi connectivity index (χ1v) is 9.31. The molecule has 2 aromatic rings. The van der Waals surface area contributed by atoms with E-state index in [1.807, 2.05) is 39.1 Å². The number of hydrogen-bond donors (Lipinski definition) is 2. The van der Waals surface area contributed by atoms with Crippen molar-refractivity contribution in [3.05, 3.63) is 63.2 Å². The maximum absolute atomic E-state index is 11.9. The van der Waals surface area contributed by atoms with Crippen LogP contribution in [0.15, 0.2) is 30.3 Å². The molecule has 0 bridgehead atoms. The van der Waals surface area contributed by atoms with Crippen molar-refractivity contribution >= 4 is 23.8 Å². The molecule has 0 atom stereocenters. The molecule has 6 heteroatoms. The van der Waals surface area contributed by atoms with E-state index in [0.29, 0.717) is 48.0 Å². The normalized spacial score (nSPS) is 10.5. The highest BCUT2D eigenvalue weighted by atomic mass is 35.5. The zero-order chi connectivity index (χ0) is 19.8. The number of hydrogen-bond acceptors (Lipinski definition) is 4. The van der Waals surface area contributed by atoms with Gasteiger partial charge in [-0.3, -0.25) is 9.59 Å². The number of nitrogens with one attached hydrogen (secondary N) is 2. The van der Waals surface area contributed by atoms with Gasteiger partial charge in [-0.25, -0.2) is 0 Å². The Morgan fingerprint density at radius 3 is 2.56 bits per heavy atom. The molecule has 0 radical (unpaired) electrons. The summed E-state index contributed by atoms with van der Waals surface area (Å²) in [6, 6.07) is 9.24. The summed E-state index contributed by atoms with van der Waals surface area (Å²) in [6.07, 6.45) is 1.38. The van der Waals surface area contributed by atoms with Crippen molar-refractivity contribution in [1.82, 2.24) is 10.6 Å². The maximum atomic E-state index is 11.9. The van der Waals surface area contributed by atoms with Gasteiger partial charge in [-0.1, -0.05) is 23.7 Å². The van der Waals surface area contributed by atoms with Gasteiger partial charge >= 0.3 is 0 Å². The van der Waals surface area contributed by atoms with Crippen LogP contribution in [0.1, 0.15) is 44.3 Å². The molecule has 1 amide bonds. The number of carbonyl (C=O) groups excluding carboxylic acids is 2. The minimum atomic E-state index is -0.0883. The fourth-order valence-electron chi connectivity index (χ4n) is 2.73. The van der Waals surface area contributed by atoms with E-state index in [9.17, 15) is 9.59 Å². The number of likely N-dealkylation sites (N-methyl/N-ethyl adjacent to an activating group) is 1. The Morgan fingerprint density at radius 1 is 1.26 bits per heavy atom. The quantitative estimate of drug-likeness (QED) is 0.510. The molecular weight excluding hydrogens is 364 g/mol. The van der Waals surface area contributed by atoms with Crippen LogP contribution in [0.4, 0.5) is 0 Å². The SMILES string of the molecule is CCNC(=O)c1ccc(Cc2cc(C=O)c(OCCNC)c(Cl)c2C)cc1. The van der Waals surface area contributed by atoms with Crippen LogP contribution in [0.2, 0.25) is 5.02 Å². The second-order valence-corrected chi connectivity index (χ2v) is 6.57. The third-order valence-corrected chi connectivity index (χ3v) is 4.73. The van der Waals surface area contributed by atoms with Gasteiger partial charge in [-0.15, -0.1) is 0 Å².